The molecule has 0 fully saturated rings. The van der Waals surface area contributed by atoms with Crippen molar-refractivity contribution in [2.45, 2.75) is 20.5 Å². The van der Waals surface area contributed by atoms with Crippen LogP contribution in [-0.4, -0.2) is 17.5 Å². The van der Waals surface area contributed by atoms with Gasteiger partial charge < -0.3 is 14.0 Å². The monoisotopic (exact) mass is 259 g/mol. The quantitative estimate of drug-likeness (QED) is 0.847. The topological polar surface area (TPSA) is 61.6 Å². The Kier molecular flexibility index (Phi) is 2.74. The summed E-state index contributed by atoms with van der Waals surface area (Å²) in [5.74, 6) is 2.01. The van der Waals surface area contributed by atoms with Crippen LogP contribution in [0.5, 0.6) is 11.5 Å². The minimum atomic E-state index is 0.00673. The molecule has 0 bridgehead atoms. The van der Waals surface area contributed by atoms with Crippen molar-refractivity contribution >= 4 is 5.78 Å². The number of fused-ring (bicyclic) bond motifs is 1. The lowest BCUT2D eigenvalue weighted by Crippen LogP contribution is -1.98. The standard InChI is InChI=1S/C14H13NO4/c1-8-12(9(2)19-15-8)6-17-10-3-4-11-13(16)7-18-14(11)5-10/h3-5H,6-7H2,1-2H3. The molecule has 19 heavy (non-hydrogen) atoms. The van der Waals surface area contributed by atoms with Gasteiger partial charge in [0.2, 0.25) is 5.78 Å². The Morgan fingerprint density at radius 3 is 2.95 bits per heavy atom. The maximum Gasteiger partial charge on any atom is 0.203 e. The zero-order valence-electron chi connectivity index (χ0n) is 10.7. The number of carbonyl (C=O) groups is 1. The Bertz CT molecular complexity index is 625. The van der Waals surface area contributed by atoms with Crippen LogP contribution in [-0.2, 0) is 6.61 Å². The first-order valence-corrected chi connectivity index (χ1v) is 6.00. The number of nitrogens with zero attached hydrogens (tertiary/aromatic N) is 1. The fraction of sp³-hybridized carbons (Fsp3) is 0.286. The van der Waals surface area contributed by atoms with Gasteiger partial charge in [-0.15, -0.1) is 0 Å². The van der Waals surface area contributed by atoms with Gasteiger partial charge in [0.25, 0.3) is 0 Å². The molecule has 0 N–H and O–H groups in total. The molecule has 5 nitrogen and oxygen atoms in total. The Morgan fingerprint density at radius 2 is 2.21 bits per heavy atom. The van der Waals surface area contributed by atoms with Crippen LogP contribution >= 0.6 is 0 Å². The van der Waals surface area contributed by atoms with Crippen molar-refractivity contribution in [2.24, 2.45) is 0 Å². The molecule has 0 saturated carbocycles. The lowest BCUT2D eigenvalue weighted by molar-refractivity contribution is 0.0961. The fourth-order valence-electron chi connectivity index (χ4n) is 2.03. The number of ether oxygens (including phenoxy) is 2. The van der Waals surface area contributed by atoms with E-state index in [1.807, 2.05) is 13.8 Å². The van der Waals surface area contributed by atoms with E-state index in [4.69, 9.17) is 14.0 Å². The van der Waals surface area contributed by atoms with E-state index in [1.165, 1.54) is 0 Å². The summed E-state index contributed by atoms with van der Waals surface area (Å²) in [6.45, 7) is 4.22. The van der Waals surface area contributed by atoms with Gasteiger partial charge in [0, 0.05) is 6.07 Å². The molecule has 1 aromatic carbocycles. The highest BCUT2D eigenvalue weighted by molar-refractivity contribution is 6.02. The SMILES string of the molecule is Cc1noc(C)c1COc1ccc2c(c1)OCC2=O. The second kappa shape index (κ2) is 4.42. The van der Waals surface area contributed by atoms with Gasteiger partial charge in [-0.05, 0) is 26.0 Å². The third-order valence-electron chi connectivity index (χ3n) is 3.18. The number of aryl methyl sites for hydroxylation is 2. The number of carbonyl (C=O) groups excluding carboxylic acids is 1. The lowest BCUT2D eigenvalue weighted by Gasteiger charge is -2.07. The summed E-state index contributed by atoms with van der Waals surface area (Å²) < 4.78 is 16.0. The van der Waals surface area contributed by atoms with Crippen LogP contribution in [0.2, 0.25) is 0 Å². The van der Waals surface area contributed by atoms with Crippen LogP contribution in [0.4, 0.5) is 0 Å². The summed E-state index contributed by atoms with van der Waals surface area (Å²) in [5.41, 5.74) is 2.38. The van der Waals surface area contributed by atoms with Gasteiger partial charge in [-0.25, -0.2) is 0 Å². The van der Waals surface area contributed by atoms with Gasteiger partial charge in [-0.3, -0.25) is 4.79 Å². The first-order chi connectivity index (χ1) is 9.15. The molecule has 0 aliphatic carbocycles. The van der Waals surface area contributed by atoms with E-state index < -0.39 is 0 Å². The third kappa shape index (κ3) is 2.07. The maximum atomic E-state index is 11.4. The van der Waals surface area contributed by atoms with Crippen molar-refractivity contribution in [3.05, 3.63) is 40.8 Å². The van der Waals surface area contributed by atoms with Crippen LogP contribution in [0, 0.1) is 13.8 Å². The van der Waals surface area contributed by atoms with Crippen LogP contribution in [0.3, 0.4) is 0 Å². The number of hydrogen-bond donors (Lipinski definition) is 0. The van der Waals surface area contributed by atoms with Gasteiger partial charge >= 0.3 is 0 Å². The predicted molar refractivity (Wildman–Crippen MR) is 66.6 cm³/mol. The normalized spacial score (nSPS) is 13.3. The van der Waals surface area contributed by atoms with Crippen LogP contribution in [0.15, 0.2) is 22.7 Å². The average molecular weight is 259 g/mol. The summed E-state index contributed by atoms with van der Waals surface area (Å²) >= 11 is 0. The molecule has 0 unspecified atom stereocenters. The Morgan fingerprint density at radius 1 is 1.37 bits per heavy atom. The first-order valence-electron chi connectivity index (χ1n) is 6.00. The average Bonchev–Trinajstić information content (AvgIpc) is 2.92. The molecule has 2 aromatic rings. The van der Waals surface area contributed by atoms with Crippen molar-refractivity contribution in [3.63, 3.8) is 0 Å². The molecular weight excluding hydrogens is 246 g/mol. The summed E-state index contributed by atoms with van der Waals surface area (Å²) in [7, 11) is 0. The van der Waals surface area contributed by atoms with Gasteiger partial charge in [-0.2, -0.15) is 0 Å². The second-order valence-corrected chi connectivity index (χ2v) is 4.46. The number of hydrogen-bond acceptors (Lipinski definition) is 5. The van der Waals surface area contributed by atoms with E-state index in [-0.39, 0.29) is 12.4 Å². The van der Waals surface area contributed by atoms with Crippen LogP contribution < -0.4 is 9.47 Å². The van der Waals surface area contributed by atoms with Gasteiger partial charge in [0.1, 0.15) is 23.9 Å². The van der Waals surface area contributed by atoms with Crippen LogP contribution in [0.1, 0.15) is 27.4 Å². The first kappa shape index (κ1) is 11.8. The van der Waals surface area contributed by atoms with E-state index in [2.05, 4.69) is 5.16 Å². The number of Topliss-reactive ketones (excluding diaryl/α,β-unsaturated/α-hetero) is 1. The predicted octanol–water partition coefficient (Wildman–Crippen LogP) is 2.45. The Hall–Kier alpha value is -2.30. The molecule has 1 aliphatic rings. The van der Waals surface area contributed by atoms with E-state index in [9.17, 15) is 4.79 Å². The highest BCUT2D eigenvalue weighted by Crippen LogP contribution is 2.30. The molecule has 3 rings (SSSR count). The second-order valence-electron chi connectivity index (χ2n) is 4.46. The van der Waals surface area contributed by atoms with E-state index in [0.29, 0.717) is 23.7 Å². The van der Waals surface area contributed by atoms with Crippen molar-refractivity contribution < 1.29 is 18.8 Å². The van der Waals surface area contributed by atoms with Crippen molar-refractivity contribution in [3.8, 4) is 11.5 Å². The summed E-state index contributed by atoms with van der Waals surface area (Å²) in [6, 6.07) is 5.23. The molecule has 98 valence electrons. The fourth-order valence-corrected chi connectivity index (χ4v) is 2.03. The van der Waals surface area contributed by atoms with Gasteiger partial charge in [-0.1, -0.05) is 5.16 Å². The van der Waals surface area contributed by atoms with Crippen LogP contribution in [0.25, 0.3) is 0 Å². The molecule has 0 radical (unpaired) electrons. The maximum absolute atomic E-state index is 11.4. The molecular formula is C14H13NO4. The van der Waals surface area contributed by atoms with Crippen molar-refractivity contribution in [1.29, 1.82) is 0 Å². The molecule has 1 aromatic heterocycles. The van der Waals surface area contributed by atoms with Gasteiger partial charge in [0.05, 0.1) is 16.8 Å². The molecule has 0 saturated heterocycles. The summed E-state index contributed by atoms with van der Waals surface area (Å²) in [6.07, 6.45) is 0. The number of benzene rings is 1. The molecule has 5 heteroatoms. The Balaban J connectivity index is 1.76. The zero-order chi connectivity index (χ0) is 13.4. The zero-order valence-corrected chi connectivity index (χ0v) is 10.7. The van der Waals surface area contributed by atoms with Crippen molar-refractivity contribution in [1.82, 2.24) is 5.16 Å². The van der Waals surface area contributed by atoms with E-state index >= 15 is 0 Å². The number of ketones is 1. The largest absolute Gasteiger partial charge is 0.489 e. The number of rotatable bonds is 3. The molecule has 0 atom stereocenters. The lowest BCUT2D eigenvalue weighted by atomic mass is 10.1. The summed E-state index contributed by atoms with van der Waals surface area (Å²) in [4.78, 5) is 11.4. The van der Waals surface area contributed by atoms with Crippen molar-refractivity contribution in [2.75, 3.05) is 6.61 Å². The molecule has 2 heterocycles. The minimum Gasteiger partial charge on any atom is -0.489 e. The van der Waals surface area contributed by atoms with Gasteiger partial charge in [0.15, 0.2) is 6.61 Å². The third-order valence-corrected chi connectivity index (χ3v) is 3.18. The highest BCUT2D eigenvalue weighted by atomic mass is 16.5. The van der Waals surface area contributed by atoms with E-state index in [1.54, 1.807) is 18.2 Å². The summed E-state index contributed by atoms with van der Waals surface area (Å²) in [5, 5.41) is 3.87. The minimum absolute atomic E-state index is 0.00673. The molecule has 1 aliphatic heterocycles. The smallest absolute Gasteiger partial charge is 0.203 e. The Labute approximate surface area is 110 Å². The molecule has 0 amide bonds. The highest BCUT2D eigenvalue weighted by Gasteiger charge is 2.21. The molecule has 0 spiro atoms. The number of aromatic nitrogens is 1. The van der Waals surface area contributed by atoms with E-state index in [0.717, 1.165) is 17.0 Å².